The van der Waals surface area contributed by atoms with Crippen LogP contribution in [0.2, 0.25) is 0 Å². The molecule has 0 aliphatic carbocycles. The first-order chi connectivity index (χ1) is 9.78. The number of rotatable bonds is 2. The number of nitrogens with zero attached hydrogens (tertiary/aromatic N) is 2. The highest BCUT2D eigenvalue weighted by Gasteiger charge is 2.52. The highest BCUT2D eigenvalue weighted by Crippen LogP contribution is 2.36. The largest absolute Gasteiger partial charge is 0.514 e. The van der Waals surface area contributed by atoms with Crippen LogP contribution >= 0.6 is 0 Å². The fourth-order valence-corrected chi connectivity index (χ4v) is 1.60. The van der Waals surface area contributed by atoms with E-state index in [1.54, 1.807) is 27.7 Å². The van der Waals surface area contributed by atoms with Crippen LogP contribution in [0.5, 0.6) is 0 Å². The molecule has 100 valence electrons. The smallest absolute Gasteiger partial charge is 0.398 e. The van der Waals surface area contributed by atoms with Crippen molar-refractivity contribution in [1.82, 2.24) is 9.55 Å². The van der Waals surface area contributed by atoms with Crippen LogP contribution < -0.4 is 5.59 Å². The summed E-state index contributed by atoms with van der Waals surface area (Å²) in [4.78, 5) is 3.38. The number of imidazole rings is 1. The van der Waals surface area contributed by atoms with Gasteiger partial charge in [-0.3, -0.25) is 0 Å². The van der Waals surface area contributed by atoms with Crippen LogP contribution in [0.4, 0.5) is 8.78 Å². The van der Waals surface area contributed by atoms with Crippen LogP contribution in [-0.2, 0) is 16.3 Å². The van der Waals surface area contributed by atoms with E-state index in [4.69, 9.17) is 14.8 Å². The second-order valence-corrected chi connectivity index (χ2v) is 5.19. The van der Waals surface area contributed by atoms with Crippen molar-refractivity contribution in [3.8, 4) is 0 Å². The number of halogens is 2. The number of hydrogen-bond donors (Lipinski definition) is 0. The van der Waals surface area contributed by atoms with Crippen LogP contribution in [0.25, 0.3) is 0 Å². The maximum atomic E-state index is 13.0. The third-order valence-corrected chi connectivity index (χ3v) is 3.43. The zero-order chi connectivity index (χ0) is 17.1. The van der Waals surface area contributed by atoms with Crippen molar-refractivity contribution in [3.05, 3.63) is 12.0 Å². The van der Waals surface area contributed by atoms with Gasteiger partial charge in [-0.25, -0.2) is 13.8 Å². The van der Waals surface area contributed by atoms with E-state index in [1.165, 1.54) is 0 Å². The molecule has 2 rings (SSSR count). The van der Waals surface area contributed by atoms with Gasteiger partial charge in [-0.15, -0.1) is 0 Å². The maximum Gasteiger partial charge on any atom is 0.514 e. The molecule has 1 aliphatic heterocycles. The lowest BCUT2D eigenvalue weighted by Crippen LogP contribution is -2.41. The molecule has 0 atom stereocenters. The lowest BCUT2D eigenvalue weighted by molar-refractivity contribution is 0.00578. The zero-order valence-electron chi connectivity index (χ0n) is 14.6. The summed E-state index contributed by atoms with van der Waals surface area (Å²) in [7, 11) is -1.25. The molecule has 1 aromatic rings. The third kappa shape index (κ3) is 1.95. The normalized spacial score (nSPS) is 25.8. The Morgan fingerprint density at radius 2 is 1.94 bits per heavy atom. The van der Waals surface area contributed by atoms with Gasteiger partial charge in [-0.1, -0.05) is 0 Å². The standard InChI is InChI=1S/C11H17BF2N2O2/c1-10(2)11(3,4)18-12(17-10)7-6-15-9(8(13)14)16(7)5/h6,8H,1-5H3/i5D3,6D. The monoisotopic (exact) mass is 262 g/mol. The van der Waals surface area contributed by atoms with Crippen LogP contribution in [0.15, 0.2) is 6.17 Å². The second kappa shape index (κ2) is 4.03. The van der Waals surface area contributed by atoms with Crippen LogP contribution in [0.1, 0.15) is 45.4 Å². The summed E-state index contributed by atoms with van der Waals surface area (Å²) in [5.74, 6) is -0.991. The quantitative estimate of drug-likeness (QED) is 0.760. The lowest BCUT2D eigenvalue weighted by Gasteiger charge is -2.32. The molecule has 0 spiro atoms. The maximum absolute atomic E-state index is 13.0. The van der Waals surface area contributed by atoms with Gasteiger partial charge in [0.05, 0.1) is 18.2 Å². The van der Waals surface area contributed by atoms with Crippen molar-refractivity contribution in [1.29, 1.82) is 0 Å². The molecule has 0 saturated carbocycles. The average molecular weight is 262 g/mol. The molecule has 2 heterocycles. The Morgan fingerprint density at radius 1 is 1.39 bits per heavy atom. The van der Waals surface area contributed by atoms with Gasteiger partial charge in [-0.2, -0.15) is 0 Å². The minimum absolute atomic E-state index is 0.325. The van der Waals surface area contributed by atoms with E-state index in [2.05, 4.69) is 4.98 Å². The Labute approximate surface area is 111 Å². The SMILES string of the molecule is [2H]c1nc(C(F)F)n(C([2H])([2H])[2H])c1B1OC(C)(C)C(C)(C)O1. The Balaban J connectivity index is 2.58. The Bertz CT molecular complexity index is 573. The first kappa shape index (κ1) is 9.04. The average Bonchev–Trinajstić information content (AvgIpc) is 2.73. The molecule has 0 bridgehead atoms. The summed E-state index contributed by atoms with van der Waals surface area (Å²) in [5, 5.41) is 0. The molecular formula is C11H17BF2N2O2. The Morgan fingerprint density at radius 3 is 2.39 bits per heavy atom. The molecule has 0 N–H and O–H groups in total. The minimum Gasteiger partial charge on any atom is -0.398 e. The summed E-state index contributed by atoms with van der Waals surface area (Å²) < 4.78 is 67.9. The van der Waals surface area contributed by atoms with Gasteiger partial charge in [0.2, 0.25) is 0 Å². The molecule has 0 amide bonds. The van der Waals surface area contributed by atoms with E-state index in [-0.39, 0.29) is 5.59 Å². The molecule has 1 aromatic heterocycles. The van der Waals surface area contributed by atoms with Gasteiger partial charge in [0.1, 0.15) is 0 Å². The van der Waals surface area contributed by atoms with Crippen molar-refractivity contribution in [2.24, 2.45) is 6.98 Å². The van der Waals surface area contributed by atoms with E-state index in [1.807, 2.05) is 0 Å². The molecule has 0 radical (unpaired) electrons. The van der Waals surface area contributed by atoms with Crippen molar-refractivity contribution in [2.75, 3.05) is 0 Å². The molecule has 1 fully saturated rings. The van der Waals surface area contributed by atoms with Gasteiger partial charge in [-0.05, 0) is 27.7 Å². The van der Waals surface area contributed by atoms with Crippen molar-refractivity contribution < 1.29 is 23.6 Å². The molecule has 4 nitrogen and oxygen atoms in total. The molecular weight excluding hydrogens is 241 g/mol. The highest BCUT2D eigenvalue weighted by atomic mass is 19.3. The van der Waals surface area contributed by atoms with E-state index in [9.17, 15) is 8.78 Å². The van der Waals surface area contributed by atoms with Crippen molar-refractivity contribution >= 4 is 12.7 Å². The Hall–Kier alpha value is -0.945. The topological polar surface area (TPSA) is 36.3 Å². The van der Waals surface area contributed by atoms with Gasteiger partial charge in [0.15, 0.2) is 5.82 Å². The first-order valence-electron chi connectivity index (χ1n) is 7.51. The van der Waals surface area contributed by atoms with Crippen molar-refractivity contribution in [2.45, 2.75) is 45.3 Å². The van der Waals surface area contributed by atoms with Crippen LogP contribution in [0.3, 0.4) is 0 Å². The second-order valence-electron chi connectivity index (χ2n) is 5.19. The predicted octanol–water partition coefficient (Wildman–Crippen LogP) is 1.66. The number of aromatic nitrogens is 2. The van der Waals surface area contributed by atoms with Gasteiger partial charge >= 0.3 is 7.12 Å². The molecule has 1 aliphatic rings. The predicted molar refractivity (Wildman–Crippen MR) is 63.9 cm³/mol. The van der Waals surface area contributed by atoms with Gasteiger partial charge < -0.3 is 13.9 Å². The van der Waals surface area contributed by atoms with Crippen LogP contribution in [-0.4, -0.2) is 27.9 Å². The fraction of sp³-hybridized carbons (Fsp3) is 0.727. The Kier molecular flexibility index (Phi) is 2.02. The molecule has 7 heteroatoms. The zero-order valence-corrected chi connectivity index (χ0v) is 10.6. The minimum atomic E-state index is -3.12. The fourth-order valence-electron chi connectivity index (χ4n) is 1.60. The summed E-state index contributed by atoms with van der Waals surface area (Å²) in [6, 6.07) is 0. The third-order valence-electron chi connectivity index (χ3n) is 3.43. The summed E-state index contributed by atoms with van der Waals surface area (Å²) in [5.41, 5.74) is -1.91. The highest BCUT2D eigenvalue weighted by molar-refractivity contribution is 6.61. The van der Waals surface area contributed by atoms with Crippen LogP contribution in [0, 0.1) is 0 Å². The van der Waals surface area contributed by atoms with Gasteiger partial charge in [0.25, 0.3) is 6.43 Å². The molecule has 18 heavy (non-hydrogen) atoms. The van der Waals surface area contributed by atoms with E-state index < -0.39 is 43.7 Å². The summed E-state index contributed by atoms with van der Waals surface area (Å²) >= 11 is 0. The number of alkyl halides is 2. The molecule has 1 saturated heterocycles. The molecule has 0 aromatic carbocycles. The first-order valence-corrected chi connectivity index (χ1v) is 5.51. The van der Waals surface area contributed by atoms with E-state index in [0.717, 1.165) is 0 Å². The van der Waals surface area contributed by atoms with Gasteiger partial charge in [0, 0.05) is 17.3 Å². The molecule has 0 unspecified atom stereocenters. The summed E-state index contributed by atoms with van der Waals surface area (Å²) in [6.07, 6.45) is -3.72. The lowest BCUT2D eigenvalue weighted by atomic mass is 9.85. The summed E-state index contributed by atoms with van der Waals surface area (Å²) in [6.45, 7) is 4.03. The number of hydrogen-bond acceptors (Lipinski definition) is 3. The van der Waals surface area contributed by atoms with Crippen molar-refractivity contribution in [3.63, 3.8) is 0 Å². The van der Waals surface area contributed by atoms with E-state index in [0.29, 0.717) is 4.57 Å². The van der Waals surface area contributed by atoms with E-state index >= 15 is 0 Å².